The third kappa shape index (κ3) is 4.26. The van der Waals surface area contributed by atoms with Gasteiger partial charge < -0.3 is 10.2 Å². The fourth-order valence-corrected chi connectivity index (χ4v) is 3.46. The van der Waals surface area contributed by atoms with Crippen LogP contribution in [0.1, 0.15) is 34.8 Å². The highest BCUT2D eigenvalue weighted by molar-refractivity contribution is 6.30. The number of likely N-dealkylation sites (tertiary alicyclic amines) is 1. The number of rotatable bonds is 4. The predicted octanol–water partition coefficient (Wildman–Crippen LogP) is 3.68. The van der Waals surface area contributed by atoms with E-state index in [0.29, 0.717) is 23.1 Å². The number of carbonyl (C=O) groups excluding carboxylic acids is 1. The van der Waals surface area contributed by atoms with Crippen molar-refractivity contribution in [3.63, 3.8) is 0 Å². The number of carbonyl (C=O) groups is 1. The van der Waals surface area contributed by atoms with Gasteiger partial charge in [-0.25, -0.2) is 19.9 Å². The molecular weight excluding hydrogens is 376 g/mol. The van der Waals surface area contributed by atoms with E-state index in [9.17, 15) is 4.79 Å². The van der Waals surface area contributed by atoms with Gasteiger partial charge in [0.1, 0.15) is 6.33 Å². The van der Waals surface area contributed by atoms with Gasteiger partial charge >= 0.3 is 0 Å². The Balaban J connectivity index is 1.48. The number of amides is 1. The summed E-state index contributed by atoms with van der Waals surface area (Å²) in [4.78, 5) is 31.6. The molecule has 1 aromatic carbocycles. The van der Waals surface area contributed by atoms with Gasteiger partial charge in [-0.05, 0) is 43.2 Å². The Morgan fingerprint density at radius 2 is 1.93 bits per heavy atom. The molecule has 0 saturated carbocycles. The summed E-state index contributed by atoms with van der Waals surface area (Å²) in [5, 5.41) is 3.73. The molecule has 28 heavy (non-hydrogen) atoms. The maximum absolute atomic E-state index is 12.8. The Labute approximate surface area is 167 Å². The van der Waals surface area contributed by atoms with Crippen molar-refractivity contribution >= 4 is 29.1 Å². The first-order valence-electron chi connectivity index (χ1n) is 9.09. The van der Waals surface area contributed by atoms with Crippen molar-refractivity contribution in [2.24, 2.45) is 0 Å². The van der Waals surface area contributed by atoms with Gasteiger partial charge in [0, 0.05) is 35.8 Å². The molecule has 1 amide bonds. The molecule has 4 rings (SSSR count). The number of halogens is 1. The van der Waals surface area contributed by atoms with Crippen LogP contribution in [0.3, 0.4) is 0 Å². The van der Waals surface area contributed by atoms with Crippen molar-refractivity contribution in [3.05, 3.63) is 71.5 Å². The van der Waals surface area contributed by atoms with Gasteiger partial charge in [0.15, 0.2) is 0 Å². The van der Waals surface area contributed by atoms with Crippen LogP contribution < -0.4 is 5.32 Å². The maximum Gasteiger partial charge on any atom is 0.253 e. The molecule has 8 heteroatoms. The molecule has 1 atom stereocenters. The standard InChI is InChI=1S/C20H19ClN6O/c21-16-5-3-14(4-6-16)19(28)27-9-1-2-15(12-27)18-7-8-24-20(26-18)25-17-10-22-13-23-11-17/h3-8,10-11,13,15H,1-2,9,12H2,(H,24,25,26)/t15-/m0/s1. The van der Waals surface area contributed by atoms with E-state index >= 15 is 0 Å². The van der Waals surface area contributed by atoms with Gasteiger partial charge in [-0.15, -0.1) is 0 Å². The van der Waals surface area contributed by atoms with E-state index in [1.165, 1.54) is 6.33 Å². The van der Waals surface area contributed by atoms with Crippen LogP contribution in [0.15, 0.2) is 55.2 Å². The molecule has 1 saturated heterocycles. The molecule has 3 heterocycles. The molecule has 0 spiro atoms. The Kier molecular flexibility index (Phi) is 5.43. The molecule has 0 radical (unpaired) electrons. The third-order valence-electron chi connectivity index (χ3n) is 4.71. The molecule has 1 aliphatic rings. The van der Waals surface area contributed by atoms with Gasteiger partial charge in [-0.1, -0.05) is 11.6 Å². The van der Waals surface area contributed by atoms with Crippen molar-refractivity contribution < 1.29 is 4.79 Å². The summed E-state index contributed by atoms with van der Waals surface area (Å²) in [6.45, 7) is 1.38. The van der Waals surface area contributed by atoms with Crippen LogP contribution in [0.25, 0.3) is 0 Å². The molecule has 0 unspecified atom stereocenters. The Hall–Kier alpha value is -3.06. The summed E-state index contributed by atoms with van der Waals surface area (Å²) in [7, 11) is 0. The Morgan fingerprint density at radius 3 is 2.71 bits per heavy atom. The van der Waals surface area contributed by atoms with Crippen molar-refractivity contribution in [3.8, 4) is 0 Å². The largest absolute Gasteiger partial charge is 0.338 e. The van der Waals surface area contributed by atoms with E-state index in [-0.39, 0.29) is 11.8 Å². The molecule has 1 aliphatic heterocycles. The number of nitrogens with zero attached hydrogens (tertiary/aromatic N) is 5. The number of nitrogens with one attached hydrogen (secondary N) is 1. The molecule has 1 fully saturated rings. The van der Waals surface area contributed by atoms with Gasteiger partial charge in [-0.2, -0.15) is 0 Å². The molecule has 1 N–H and O–H groups in total. The Morgan fingerprint density at radius 1 is 1.14 bits per heavy atom. The zero-order chi connectivity index (χ0) is 19.3. The highest BCUT2D eigenvalue weighted by Gasteiger charge is 2.26. The number of anilines is 2. The van der Waals surface area contributed by atoms with Crippen LogP contribution in [-0.4, -0.2) is 43.8 Å². The van der Waals surface area contributed by atoms with Crippen LogP contribution >= 0.6 is 11.6 Å². The van der Waals surface area contributed by atoms with Crippen molar-refractivity contribution in [1.82, 2.24) is 24.8 Å². The number of benzene rings is 1. The lowest BCUT2D eigenvalue weighted by atomic mass is 9.94. The number of piperidine rings is 1. The molecule has 7 nitrogen and oxygen atoms in total. The summed E-state index contributed by atoms with van der Waals surface area (Å²) in [6, 6.07) is 8.93. The number of hydrogen-bond acceptors (Lipinski definition) is 6. The monoisotopic (exact) mass is 394 g/mol. The lowest BCUT2D eigenvalue weighted by Gasteiger charge is -2.32. The topological polar surface area (TPSA) is 83.9 Å². The summed E-state index contributed by atoms with van der Waals surface area (Å²) in [5.74, 6) is 0.684. The predicted molar refractivity (Wildman–Crippen MR) is 107 cm³/mol. The second kappa shape index (κ2) is 8.31. The first-order valence-corrected chi connectivity index (χ1v) is 9.46. The zero-order valence-corrected chi connectivity index (χ0v) is 15.9. The maximum atomic E-state index is 12.8. The van der Waals surface area contributed by atoms with Crippen LogP contribution in [0.2, 0.25) is 5.02 Å². The van der Waals surface area contributed by atoms with Crippen LogP contribution in [-0.2, 0) is 0 Å². The average molecular weight is 395 g/mol. The molecule has 142 valence electrons. The fraction of sp³-hybridized carbons (Fsp3) is 0.250. The van der Waals surface area contributed by atoms with Gasteiger partial charge in [0.05, 0.1) is 23.8 Å². The lowest BCUT2D eigenvalue weighted by molar-refractivity contribution is 0.0706. The minimum absolute atomic E-state index is 0.0233. The van der Waals surface area contributed by atoms with E-state index in [0.717, 1.165) is 30.8 Å². The number of hydrogen-bond donors (Lipinski definition) is 1. The lowest BCUT2D eigenvalue weighted by Crippen LogP contribution is -2.39. The van der Waals surface area contributed by atoms with Gasteiger partial charge in [-0.3, -0.25) is 4.79 Å². The van der Waals surface area contributed by atoms with E-state index in [1.54, 1.807) is 42.9 Å². The van der Waals surface area contributed by atoms with Crippen molar-refractivity contribution in [2.45, 2.75) is 18.8 Å². The van der Waals surface area contributed by atoms with Gasteiger partial charge in [0.25, 0.3) is 5.91 Å². The van der Waals surface area contributed by atoms with Crippen molar-refractivity contribution in [2.75, 3.05) is 18.4 Å². The Bertz CT molecular complexity index is 950. The second-order valence-electron chi connectivity index (χ2n) is 6.65. The highest BCUT2D eigenvalue weighted by Crippen LogP contribution is 2.27. The normalized spacial score (nSPS) is 16.6. The first kappa shape index (κ1) is 18.3. The second-order valence-corrected chi connectivity index (χ2v) is 7.09. The third-order valence-corrected chi connectivity index (χ3v) is 4.96. The molecule has 0 bridgehead atoms. The van der Waals surface area contributed by atoms with Crippen LogP contribution in [0.5, 0.6) is 0 Å². The molecule has 0 aliphatic carbocycles. The van der Waals surface area contributed by atoms with E-state index in [1.807, 2.05) is 11.0 Å². The average Bonchev–Trinajstić information content (AvgIpc) is 2.75. The smallest absolute Gasteiger partial charge is 0.253 e. The molecule has 3 aromatic rings. The van der Waals surface area contributed by atoms with E-state index in [2.05, 4.69) is 25.3 Å². The fourth-order valence-electron chi connectivity index (χ4n) is 3.33. The summed E-state index contributed by atoms with van der Waals surface area (Å²) in [6.07, 6.45) is 8.44. The number of aromatic nitrogens is 4. The van der Waals surface area contributed by atoms with Crippen LogP contribution in [0.4, 0.5) is 11.6 Å². The van der Waals surface area contributed by atoms with Crippen LogP contribution in [0, 0.1) is 0 Å². The quantitative estimate of drug-likeness (QED) is 0.726. The highest BCUT2D eigenvalue weighted by atomic mass is 35.5. The van der Waals surface area contributed by atoms with E-state index < -0.39 is 0 Å². The summed E-state index contributed by atoms with van der Waals surface area (Å²) in [5.41, 5.74) is 2.30. The first-order chi connectivity index (χ1) is 13.7. The van der Waals surface area contributed by atoms with E-state index in [4.69, 9.17) is 11.6 Å². The minimum atomic E-state index is 0.0233. The minimum Gasteiger partial charge on any atom is -0.338 e. The zero-order valence-electron chi connectivity index (χ0n) is 15.1. The van der Waals surface area contributed by atoms with Crippen molar-refractivity contribution in [1.29, 1.82) is 0 Å². The molecular formula is C20H19ClN6O. The summed E-state index contributed by atoms with van der Waals surface area (Å²) < 4.78 is 0. The van der Waals surface area contributed by atoms with Gasteiger partial charge in [0.2, 0.25) is 5.95 Å². The summed E-state index contributed by atoms with van der Waals surface area (Å²) >= 11 is 5.93. The molecule has 2 aromatic heterocycles. The SMILES string of the molecule is O=C(c1ccc(Cl)cc1)N1CCC[C@H](c2ccnc(Nc3cncnc3)n2)C1.